The third-order valence-corrected chi connectivity index (χ3v) is 5.53. The first-order chi connectivity index (χ1) is 10.2. The lowest BCUT2D eigenvalue weighted by atomic mass is 9.67. The van der Waals surface area contributed by atoms with Gasteiger partial charge in [-0.15, -0.1) is 0 Å². The van der Waals surface area contributed by atoms with Crippen molar-refractivity contribution in [1.82, 2.24) is 0 Å². The monoisotopic (exact) mass is 306 g/mol. The summed E-state index contributed by atoms with van der Waals surface area (Å²) in [6.45, 7) is 6.39. The Labute approximate surface area is 130 Å². The van der Waals surface area contributed by atoms with Crippen molar-refractivity contribution in [2.45, 2.75) is 52.1 Å². The highest BCUT2D eigenvalue weighted by Gasteiger charge is 2.59. The quantitative estimate of drug-likeness (QED) is 0.894. The van der Waals surface area contributed by atoms with Gasteiger partial charge in [0.15, 0.2) is 11.6 Å². The molecule has 22 heavy (non-hydrogen) atoms. The maximum Gasteiger partial charge on any atom is 0.335 e. The van der Waals surface area contributed by atoms with Gasteiger partial charge in [-0.2, -0.15) is 0 Å². The van der Waals surface area contributed by atoms with Gasteiger partial charge in [0.2, 0.25) is 0 Å². The number of carboxylic acid groups (broad SMARTS) is 1. The van der Waals surface area contributed by atoms with Crippen LogP contribution in [0.3, 0.4) is 0 Å². The second kappa shape index (κ2) is 4.97. The molecule has 3 unspecified atom stereocenters. The summed E-state index contributed by atoms with van der Waals surface area (Å²) in [5.41, 5.74) is -0.476. The number of benzene rings is 1. The number of halogens is 1. The van der Waals surface area contributed by atoms with Crippen LogP contribution in [0.15, 0.2) is 18.2 Å². The third-order valence-electron chi connectivity index (χ3n) is 5.53. The summed E-state index contributed by atoms with van der Waals surface area (Å²) < 4.78 is 20.4. The van der Waals surface area contributed by atoms with Crippen molar-refractivity contribution in [1.29, 1.82) is 0 Å². The van der Waals surface area contributed by atoms with Crippen LogP contribution in [-0.4, -0.2) is 16.7 Å². The molecule has 0 heterocycles. The van der Waals surface area contributed by atoms with Crippen molar-refractivity contribution >= 4 is 5.97 Å². The minimum atomic E-state index is -1.07. The summed E-state index contributed by atoms with van der Waals surface area (Å²) in [5, 5.41) is 9.11. The molecule has 0 spiro atoms. The van der Waals surface area contributed by atoms with E-state index in [4.69, 9.17) is 9.84 Å². The lowest BCUT2D eigenvalue weighted by Crippen LogP contribution is -2.52. The van der Waals surface area contributed by atoms with Gasteiger partial charge in [-0.3, -0.25) is 0 Å². The van der Waals surface area contributed by atoms with E-state index >= 15 is 0 Å². The number of aromatic carboxylic acids is 1. The molecule has 2 aliphatic rings. The highest BCUT2D eigenvalue weighted by atomic mass is 19.1. The highest BCUT2D eigenvalue weighted by molar-refractivity contribution is 5.88. The molecule has 1 aromatic rings. The SMILES string of the molecule is CC(C)(C)C1(Oc2cc(C(=O)O)ccc2F)CC2CCC1C2. The van der Waals surface area contributed by atoms with Gasteiger partial charge >= 0.3 is 5.97 Å². The molecule has 3 rings (SSSR count). The van der Waals surface area contributed by atoms with Gasteiger partial charge in [-0.1, -0.05) is 20.8 Å². The van der Waals surface area contributed by atoms with Crippen molar-refractivity contribution in [3.63, 3.8) is 0 Å². The normalized spacial score (nSPS) is 30.5. The number of ether oxygens (including phenoxy) is 1. The van der Waals surface area contributed by atoms with Crippen LogP contribution < -0.4 is 4.74 Å². The fourth-order valence-corrected chi connectivity index (χ4v) is 4.39. The van der Waals surface area contributed by atoms with Gasteiger partial charge < -0.3 is 9.84 Å². The Morgan fingerprint density at radius 2 is 2.09 bits per heavy atom. The molecule has 0 aromatic heterocycles. The zero-order chi connectivity index (χ0) is 16.1. The van der Waals surface area contributed by atoms with Gasteiger partial charge in [0.05, 0.1) is 5.56 Å². The van der Waals surface area contributed by atoms with Crippen LogP contribution in [0.5, 0.6) is 5.75 Å². The van der Waals surface area contributed by atoms with E-state index < -0.39 is 17.4 Å². The molecule has 0 aliphatic heterocycles. The average Bonchev–Trinajstić information content (AvgIpc) is 3.01. The topological polar surface area (TPSA) is 46.5 Å². The standard InChI is InChI=1S/C18H23FO3/c1-17(2,3)18(10-11-4-6-13(18)8-11)22-15-9-12(16(20)21)5-7-14(15)19/h5,7,9,11,13H,4,6,8,10H2,1-3H3,(H,20,21). The molecule has 0 radical (unpaired) electrons. The Morgan fingerprint density at radius 1 is 1.36 bits per heavy atom. The van der Waals surface area contributed by atoms with Gasteiger partial charge in [0.1, 0.15) is 5.60 Å². The fraction of sp³-hybridized carbons (Fsp3) is 0.611. The van der Waals surface area contributed by atoms with E-state index in [1.54, 1.807) is 0 Å². The Balaban J connectivity index is 1.99. The second-order valence-corrected chi connectivity index (χ2v) is 7.77. The molecule has 4 heteroatoms. The zero-order valence-corrected chi connectivity index (χ0v) is 13.4. The summed E-state index contributed by atoms with van der Waals surface area (Å²) in [6, 6.07) is 3.77. The second-order valence-electron chi connectivity index (χ2n) is 7.77. The van der Waals surface area contributed by atoms with Crippen LogP contribution in [-0.2, 0) is 0 Å². The Bertz CT molecular complexity index is 605. The van der Waals surface area contributed by atoms with Crippen LogP contribution in [0.2, 0.25) is 0 Å². The number of hydrogen-bond donors (Lipinski definition) is 1. The van der Waals surface area contributed by atoms with Gasteiger partial charge in [0.25, 0.3) is 0 Å². The molecule has 0 saturated heterocycles. The maximum absolute atomic E-state index is 14.2. The van der Waals surface area contributed by atoms with Gasteiger partial charge in [-0.05, 0) is 55.7 Å². The third kappa shape index (κ3) is 2.29. The van der Waals surface area contributed by atoms with Crippen LogP contribution in [0.1, 0.15) is 56.8 Å². The van der Waals surface area contributed by atoms with E-state index in [-0.39, 0.29) is 16.7 Å². The first-order valence-electron chi connectivity index (χ1n) is 7.95. The van der Waals surface area contributed by atoms with E-state index in [0.717, 1.165) is 19.3 Å². The van der Waals surface area contributed by atoms with Crippen LogP contribution >= 0.6 is 0 Å². The molecule has 3 nitrogen and oxygen atoms in total. The first-order valence-corrected chi connectivity index (χ1v) is 7.95. The molecule has 2 fully saturated rings. The zero-order valence-electron chi connectivity index (χ0n) is 13.4. The Kier molecular flexibility index (Phi) is 3.46. The first kappa shape index (κ1) is 15.3. The molecule has 1 aromatic carbocycles. The minimum absolute atomic E-state index is 0.0589. The predicted molar refractivity (Wildman–Crippen MR) is 81.6 cm³/mol. The average molecular weight is 306 g/mol. The lowest BCUT2D eigenvalue weighted by molar-refractivity contribution is -0.0785. The number of rotatable bonds is 3. The van der Waals surface area contributed by atoms with Crippen LogP contribution in [0.4, 0.5) is 4.39 Å². The smallest absolute Gasteiger partial charge is 0.335 e. The van der Waals surface area contributed by atoms with E-state index in [9.17, 15) is 9.18 Å². The molecule has 1 N–H and O–H groups in total. The van der Waals surface area contributed by atoms with E-state index in [1.165, 1.54) is 24.6 Å². The number of hydrogen-bond acceptors (Lipinski definition) is 2. The molecule has 120 valence electrons. The summed E-state index contributed by atoms with van der Waals surface area (Å²) in [5.74, 6) is -0.415. The lowest BCUT2D eigenvalue weighted by Gasteiger charge is -2.48. The van der Waals surface area contributed by atoms with E-state index in [1.807, 2.05) is 0 Å². The van der Waals surface area contributed by atoms with Crippen molar-refractivity contribution < 1.29 is 19.0 Å². The highest BCUT2D eigenvalue weighted by Crippen LogP contribution is 2.59. The summed E-state index contributed by atoms with van der Waals surface area (Å²) in [6.07, 6.45) is 4.40. The van der Waals surface area contributed by atoms with Gasteiger partial charge in [0, 0.05) is 5.41 Å². The largest absolute Gasteiger partial charge is 0.483 e. The van der Waals surface area contributed by atoms with Crippen LogP contribution in [0, 0.1) is 23.1 Å². The summed E-state index contributed by atoms with van der Waals surface area (Å²) in [7, 11) is 0. The van der Waals surface area contributed by atoms with E-state index in [0.29, 0.717) is 11.8 Å². The molecule has 2 aliphatic carbocycles. The maximum atomic E-state index is 14.2. The van der Waals surface area contributed by atoms with Crippen molar-refractivity contribution in [2.24, 2.45) is 17.3 Å². The van der Waals surface area contributed by atoms with Crippen molar-refractivity contribution in [3.8, 4) is 5.75 Å². The molecular weight excluding hydrogens is 283 g/mol. The molecule has 3 atom stereocenters. The number of carboxylic acids is 1. The molecular formula is C18H23FO3. The minimum Gasteiger partial charge on any atom is -0.483 e. The molecule has 0 amide bonds. The van der Waals surface area contributed by atoms with Crippen molar-refractivity contribution in [3.05, 3.63) is 29.6 Å². The van der Waals surface area contributed by atoms with E-state index in [2.05, 4.69) is 20.8 Å². The van der Waals surface area contributed by atoms with Crippen molar-refractivity contribution in [2.75, 3.05) is 0 Å². The Morgan fingerprint density at radius 3 is 2.59 bits per heavy atom. The van der Waals surface area contributed by atoms with Crippen LogP contribution in [0.25, 0.3) is 0 Å². The predicted octanol–water partition coefficient (Wildman–Crippen LogP) is 4.51. The summed E-state index contributed by atoms with van der Waals surface area (Å²) in [4.78, 5) is 11.1. The van der Waals surface area contributed by atoms with Gasteiger partial charge in [-0.25, -0.2) is 9.18 Å². The summed E-state index contributed by atoms with van der Waals surface area (Å²) >= 11 is 0. The fourth-order valence-electron chi connectivity index (χ4n) is 4.39. The Hall–Kier alpha value is -1.58. The molecule has 2 saturated carbocycles. The molecule has 2 bridgehead atoms. The number of fused-ring (bicyclic) bond motifs is 2. The number of carbonyl (C=O) groups is 1.